The molecule has 0 fully saturated rings. The van der Waals surface area contributed by atoms with Crippen LogP contribution in [0, 0.1) is 18.3 Å². The molecule has 0 radical (unpaired) electrons. The van der Waals surface area contributed by atoms with E-state index in [4.69, 9.17) is 11.0 Å². The number of sulfonamides is 1. The molecular formula is C10H14ClN3O2S. The number of hydrogen-bond donors (Lipinski definition) is 2. The molecule has 0 saturated heterocycles. The molecule has 0 amide bonds. The smallest absolute Gasteiger partial charge is 0.240 e. The molecule has 3 N–H and O–H groups in total. The van der Waals surface area contributed by atoms with Gasteiger partial charge in [-0.05, 0) is 30.7 Å². The van der Waals surface area contributed by atoms with Crippen LogP contribution in [0.2, 0.25) is 0 Å². The van der Waals surface area contributed by atoms with Gasteiger partial charge in [-0.3, -0.25) is 0 Å². The van der Waals surface area contributed by atoms with Crippen molar-refractivity contribution in [3.8, 4) is 6.07 Å². The van der Waals surface area contributed by atoms with Gasteiger partial charge < -0.3 is 5.73 Å². The van der Waals surface area contributed by atoms with E-state index in [0.29, 0.717) is 11.1 Å². The second kappa shape index (κ2) is 6.57. The van der Waals surface area contributed by atoms with Crippen LogP contribution in [0.1, 0.15) is 11.1 Å². The first kappa shape index (κ1) is 15.9. The van der Waals surface area contributed by atoms with Crippen LogP contribution >= 0.6 is 12.4 Å². The maximum absolute atomic E-state index is 11.8. The van der Waals surface area contributed by atoms with Gasteiger partial charge in [-0.25, -0.2) is 13.1 Å². The maximum Gasteiger partial charge on any atom is 0.240 e. The number of rotatable bonds is 4. The maximum atomic E-state index is 11.8. The molecular weight excluding hydrogens is 262 g/mol. The van der Waals surface area contributed by atoms with Crippen LogP contribution in [-0.2, 0) is 10.0 Å². The van der Waals surface area contributed by atoms with E-state index < -0.39 is 10.0 Å². The second-order valence-electron chi connectivity index (χ2n) is 3.28. The van der Waals surface area contributed by atoms with Gasteiger partial charge in [-0.15, -0.1) is 12.4 Å². The molecule has 0 saturated carbocycles. The molecule has 94 valence electrons. The first-order valence-corrected chi connectivity index (χ1v) is 6.20. The van der Waals surface area contributed by atoms with Crippen molar-refractivity contribution in [3.63, 3.8) is 0 Å². The van der Waals surface area contributed by atoms with E-state index in [9.17, 15) is 8.42 Å². The van der Waals surface area contributed by atoms with E-state index in [1.165, 1.54) is 18.2 Å². The predicted octanol–water partition coefficient (Wildman–Crippen LogP) is 0.526. The largest absolute Gasteiger partial charge is 0.329 e. The van der Waals surface area contributed by atoms with Crippen molar-refractivity contribution in [1.29, 1.82) is 5.26 Å². The minimum atomic E-state index is -3.52. The minimum Gasteiger partial charge on any atom is -0.329 e. The molecule has 0 aliphatic rings. The molecule has 0 spiro atoms. The molecule has 5 nitrogen and oxygen atoms in total. The monoisotopic (exact) mass is 275 g/mol. The topological polar surface area (TPSA) is 96.0 Å². The van der Waals surface area contributed by atoms with E-state index in [2.05, 4.69) is 4.72 Å². The summed E-state index contributed by atoms with van der Waals surface area (Å²) in [5, 5.41) is 8.67. The summed E-state index contributed by atoms with van der Waals surface area (Å²) >= 11 is 0. The van der Waals surface area contributed by atoms with Gasteiger partial charge in [0.25, 0.3) is 0 Å². The number of benzene rings is 1. The van der Waals surface area contributed by atoms with Gasteiger partial charge in [-0.1, -0.05) is 0 Å². The summed E-state index contributed by atoms with van der Waals surface area (Å²) in [6, 6.07) is 6.39. The average molecular weight is 276 g/mol. The van der Waals surface area contributed by atoms with E-state index in [-0.39, 0.29) is 30.4 Å². The van der Waals surface area contributed by atoms with Crippen LogP contribution in [0.25, 0.3) is 0 Å². The lowest BCUT2D eigenvalue weighted by molar-refractivity contribution is 0.581. The van der Waals surface area contributed by atoms with E-state index >= 15 is 0 Å². The highest BCUT2D eigenvalue weighted by molar-refractivity contribution is 7.89. The highest BCUT2D eigenvalue weighted by Gasteiger charge is 2.15. The number of halogens is 1. The van der Waals surface area contributed by atoms with Crippen molar-refractivity contribution in [1.82, 2.24) is 4.72 Å². The highest BCUT2D eigenvalue weighted by Crippen LogP contribution is 2.15. The Morgan fingerprint density at radius 3 is 2.59 bits per heavy atom. The Morgan fingerprint density at radius 2 is 2.12 bits per heavy atom. The average Bonchev–Trinajstić information content (AvgIpc) is 2.25. The first-order valence-electron chi connectivity index (χ1n) is 4.72. The number of nitrogens with one attached hydrogen (secondary N) is 1. The Balaban J connectivity index is 0.00000256. The van der Waals surface area contributed by atoms with Crippen molar-refractivity contribution < 1.29 is 8.42 Å². The molecule has 0 aliphatic carbocycles. The summed E-state index contributed by atoms with van der Waals surface area (Å²) in [7, 11) is -3.52. The summed E-state index contributed by atoms with van der Waals surface area (Å²) in [4.78, 5) is 0.181. The summed E-state index contributed by atoms with van der Waals surface area (Å²) in [6.45, 7) is 2.09. The quantitative estimate of drug-likeness (QED) is 0.837. The Kier molecular flexibility index (Phi) is 6.13. The third-order valence-electron chi connectivity index (χ3n) is 2.03. The van der Waals surface area contributed by atoms with Gasteiger partial charge in [0, 0.05) is 13.1 Å². The van der Waals surface area contributed by atoms with E-state index in [1.54, 1.807) is 6.92 Å². The number of aryl methyl sites for hydroxylation is 1. The van der Waals surface area contributed by atoms with Crippen molar-refractivity contribution >= 4 is 22.4 Å². The van der Waals surface area contributed by atoms with Gasteiger partial charge in [0.2, 0.25) is 10.0 Å². The van der Waals surface area contributed by atoms with Gasteiger partial charge in [0.05, 0.1) is 16.5 Å². The Morgan fingerprint density at radius 1 is 1.47 bits per heavy atom. The fourth-order valence-electron chi connectivity index (χ4n) is 1.29. The molecule has 0 atom stereocenters. The third kappa shape index (κ3) is 3.98. The highest BCUT2D eigenvalue weighted by atomic mass is 35.5. The van der Waals surface area contributed by atoms with Crippen LogP contribution in [0.5, 0.6) is 0 Å². The number of nitriles is 1. The SMILES string of the molecule is Cc1cc(C#N)ccc1S(=O)(=O)NCCN.Cl. The lowest BCUT2D eigenvalue weighted by Gasteiger charge is -2.08. The van der Waals surface area contributed by atoms with Gasteiger partial charge >= 0.3 is 0 Å². The minimum absolute atomic E-state index is 0. The third-order valence-corrected chi connectivity index (χ3v) is 3.65. The van der Waals surface area contributed by atoms with Crippen LogP contribution in [-0.4, -0.2) is 21.5 Å². The van der Waals surface area contributed by atoms with Gasteiger partial charge in [-0.2, -0.15) is 5.26 Å². The molecule has 1 rings (SSSR count). The molecule has 0 unspecified atom stereocenters. The summed E-state index contributed by atoms with van der Waals surface area (Å²) in [5.74, 6) is 0. The zero-order valence-corrected chi connectivity index (χ0v) is 10.9. The molecule has 0 aromatic heterocycles. The fourth-order valence-corrected chi connectivity index (χ4v) is 2.56. The van der Waals surface area contributed by atoms with Crippen molar-refractivity contribution in [2.24, 2.45) is 5.73 Å². The standard InChI is InChI=1S/C10H13N3O2S.ClH/c1-8-6-9(7-12)2-3-10(8)16(14,15)13-5-4-11;/h2-3,6,13H,4-5,11H2,1H3;1H. The normalized spacial score (nSPS) is 10.4. The Labute approximate surface area is 107 Å². The molecule has 17 heavy (non-hydrogen) atoms. The second-order valence-corrected chi connectivity index (χ2v) is 5.01. The molecule has 0 bridgehead atoms. The number of nitrogens with two attached hydrogens (primary N) is 1. The van der Waals surface area contributed by atoms with Gasteiger partial charge in [0.1, 0.15) is 0 Å². The Hall–Kier alpha value is -1.13. The summed E-state index contributed by atoms with van der Waals surface area (Å²) in [6.07, 6.45) is 0. The van der Waals surface area contributed by atoms with Crippen molar-refractivity contribution in [3.05, 3.63) is 29.3 Å². The molecule has 1 aromatic rings. The van der Waals surface area contributed by atoms with Crippen LogP contribution < -0.4 is 10.5 Å². The number of hydrogen-bond acceptors (Lipinski definition) is 4. The molecule has 7 heteroatoms. The summed E-state index contributed by atoms with van der Waals surface area (Å²) in [5.41, 5.74) is 6.21. The lowest BCUT2D eigenvalue weighted by atomic mass is 10.2. The fraction of sp³-hybridized carbons (Fsp3) is 0.300. The zero-order chi connectivity index (χ0) is 12.2. The van der Waals surface area contributed by atoms with Gasteiger partial charge in [0.15, 0.2) is 0 Å². The molecule has 0 aliphatic heterocycles. The van der Waals surface area contributed by atoms with Crippen LogP contribution in [0.4, 0.5) is 0 Å². The summed E-state index contributed by atoms with van der Waals surface area (Å²) < 4.78 is 25.9. The number of nitrogens with zero attached hydrogens (tertiary/aromatic N) is 1. The van der Waals surface area contributed by atoms with Crippen molar-refractivity contribution in [2.75, 3.05) is 13.1 Å². The van der Waals surface area contributed by atoms with Crippen LogP contribution in [0.3, 0.4) is 0 Å². The van der Waals surface area contributed by atoms with Crippen molar-refractivity contribution in [2.45, 2.75) is 11.8 Å². The lowest BCUT2D eigenvalue weighted by Crippen LogP contribution is -2.29. The first-order chi connectivity index (χ1) is 7.51. The zero-order valence-electron chi connectivity index (χ0n) is 9.30. The van der Waals surface area contributed by atoms with E-state index in [0.717, 1.165) is 0 Å². The Bertz CT molecular complexity index is 523. The van der Waals surface area contributed by atoms with Crippen LogP contribution in [0.15, 0.2) is 23.1 Å². The predicted molar refractivity (Wildman–Crippen MR) is 67.4 cm³/mol. The molecule has 1 aromatic carbocycles. The molecule has 0 heterocycles. The van der Waals surface area contributed by atoms with E-state index in [1.807, 2.05) is 6.07 Å².